The number of ketones is 2. The lowest BCUT2D eigenvalue weighted by atomic mass is 9.89. The zero-order valence-electron chi connectivity index (χ0n) is 10.7. The first kappa shape index (κ1) is 11.7. The number of furan rings is 1. The summed E-state index contributed by atoms with van der Waals surface area (Å²) in [5.41, 5.74) is 1.19. The lowest BCUT2D eigenvalue weighted by Crippen LogP contribution is -2.18. The molecule has 0 atom stereocenters. The summed E-state index contributed by atoms with van der Waals surface area (Å²) in [5, 5.41) is 3.06. The predicted octanol–water partition coefficient (Wildman–Crippen LogP) is 2.88. The van der Waals surface area contributed by atoms with Crippen molar-refractivity contribution in [1.82, 2.24) is 0 Å². The molecule has 0 amide bonds. The highest BCUT2D eigenvalue weighted by molar-refractivity contribution is 6.27. The van der Waals surface area contributed by atoms with E-state index in [0.29, 0.717) is 22.6 Å². The van der Waals surface area contributed by atoms with E-state index in [1.807, 2.05) is 13.8 Å². The molecule has 4 nitrogen and oxygen atoms in total. The first-order valence-corrected chi connectivity index (χ1v) is 6.16. The molecule has 0 unspecified atom stereocenters. The number of rotatable bonds is 2. The van der Waals surface area contributed by atoms with Crippen molar-refractivity contribution < 1.29 is 14.0 Å². The molecular weight excluding hydrogens is 242 g/mol. The van der Waals surface area contributed by atoms with Crippen LogP contribution in [0.15, 0.2) is 34.7 Å². The van der Waals surface area contributed by atoms with Crippen molar-refractivity contribution in [2.45, 2.75) is 19.9 Å². The molecule has 0 saturated carbocycles. The Morgan fingerprint density at radius 2 is 1.63 bits per heavy atom. The van der Waals surface area contributed by atoms with Gasteiger partial charge in [-0.2, -0.15) is 0 Å². The molecule has 0 saturated heterocycles. The van der Waals surface area contributed by atoms with Crippen LogP contribution in [-0.2, 0) is 0 Å². The van der Waals surface area contributed by atoms with Gasteiger partial charge in [0.2, 0.25) is 5.78 Å². The standard InChI is InChI=1S/C15H13NO3/c1-8(2)16-12-7-11-13(17)9-5-3-4-6-10(9)14(18)15(11)19-12/h3-8,16H,1-2H3. The van der Waals surface area contributed by atoms with E-state index < -0.39 is 0 Å². The molecule has 1 aliphatic rings. The fourth-order valence-electron chi connectivity index (χ4n) is 2.23. The van der Waals surface area contributed by atoms with Crippen molar-refractivity contribution in [3.63, 3.8) is 0 Å². The monoisotopic (exact) mass is 255 g/mol. The van der Waals surface area contributed by atoms with Gasteiger partial charge in [0.25, 0.3) is 0 Å². The van der Waals surface area contributed by atoms with E-state index in [0.717, 1.165) is 0 Å². The summed E-state index contributed by atoms with van der Waals surface area (Å²) in [7, 11) is 0. The van der Waals surface area contributed by atoms with Crippen molar-refractivity contribution in [3.05, 3.63) is 52.8 Å². The molecule has 1 aliphatic carbocycles. The Labute approximate surface area is 110 Å². The second-order valence-electron chi connectivity index (χ2n) is 4.86. The van der Waals surface area contributed by atoms with Crippen LogP contribution in [-0.4, -0.2) is 17.6 Å². The van der Waals surface area contributed by atoms with Gasteiger partial charge in [0.05, 0.1) is 5.56 Å². The minimum atomic E-state index is -0.234. The molecule has 19 heavy (non-hydrogen) atoms. The molecule has 1 aromatic carbocycles. The Kier molecular flexibility index (Phi) is 2.52. The second-order valence-corrected chi connectivity index (χ2v) is 4.86. The maximum Gasteiger partial charge on any atom is 0.229 e. The lowest BCUT2D eigenvalue weighted by Gasteiger charge is -2.11. The summed E-state index contributed by atoms with van der Waals surface area (Å²) in [6.07, 6.45) is 0. The quantitative estimate of drug-likeness (QED) is 0.765. The van der Waals surface area contributed by atoms with Gasteiger partial charge < -0.3 is 9.73 Å². The third kappa shape index (κ3) is 1.76. The van der Waals surface area contributed by atoms with Gasteiger partial charge in [-0.25, -0.2) is 0 Å². The summed E-state index contributed by atoms with van der Waals surface area (Å²) in [6, 6.07) is 8.58. The number of nitrogens with one attached hydrogen (secondary N) is 1. The summed E-state index contributed by atoms with van der Waals surface area (Å²) in [6.45, 7) is 3.92. The largest absolute Gasteiger partial charge is 0.436 e. The number of benzene rings is 1. The lowest BCUT2D eigenvalue weighted by molar-refractivity contribution is 0.0961. The van der Waals surface area contributed by atoms with Gasteiger partial charge in [0.1, 0.15) is 0 Å². The number of anilines is 1. The van der Waals surface area contributed by atoms with Gasteiger partial charge in [-0.1, -0.05) is 24.3 Å². The van der Waals surface area contributed by atoms with Crippen LogP contribution in [0.2, 0.25) is 0 Å². The number of carbonyl (C=O) groups excluding carboxylic acids is 2. The number of fused-ring (bicyclic) bond motifs is 2. The van der Waals surface area contributed by atoms with E-state index in [1.165, 1.54) is 0 Å². The van der Waals surface area contributed by atoms with Gasteiger partial charge in [0.15, 0.2) is 17.4 Å². The summed E-state index contributed by atoms with van der Waals surface area (Å²) >= 11 is 0. The fourth-order valence-corrected chi connectivity index (χ4v) is 2.23. The smallest absolute Gasteiger partial charge is 0.229 e. The zero-order chi connectivity index (χ0) is 13.6. The van der Waals surface area contributed by atoms with Crippen molar-refractivity contribution in [2.75, 3.05) is 5.32 Å². The van der Waals surface area contributed by atoms with E-state index in [9.17, 15) is 9.59 Å². The van der Waals surface area contributed by atoms with Crippen LogP contribution in [0.3, 0.4) is 0 Å². The minimum absolute atomic E-state index is 0.131. The third-order valence-electron chi connectivity index (χ3n) is 3.03. The van der Waals surface area contributed by atoms with Gasteiger partial charge in [-0.05, 0) is 13.8 Å². The van der Waals surface area contributed by atoms with Crippen molar-refractivity contribution in [2.24, 2.45) is 0 Å². The number of carbonyl (C=O) groups is 2. The van der Waals surface area contributed by atoms with E-state index in [4.69, 9.17) is 4.42 Å². The molecule has 0 bridgehead atoms. The molecule has 0 spiro atoms. The van der Waals surface area contributed by atoms with E-state index >= 15 is 0 Å². The first-order chi connectivity index (χ1) is 9.08. The molecule has 3 rings (SSSR count). The van der Waals surface area contributed by atoms with Crippen LogP contribution in [0, 0.1) is 0 Å². The van der Waals surface area contributed by atoms with Crippen molar-refractivity contribution >= 4 is 17.5 Å². The molecular formula is C15H13NO3. The van der Waals surface area contributed by atoms with Crippen LogP contribution in [0.1, 0.15) is 45.9 Å². The molecule has 1 heterocycles. The molecule has 1 aromatic heterocycles. The van der Waals surface area contributed by atoms with Crippen LogP contribution in [0.5, 0.6) is 0 Å². The maximum atomic E-state index is 12.3. The first-order valence-electron chi connectivity index (χ1n) is 6.16. The minimum Gasteiger partial charge on any atom is -0.436 e. The summed E-state index contributed by atoms with van der Waals surface area (Å²) < 4.78 is 5.47. The van der Waals surface area contributed by atoms with Gasteiger partial charge in [-0.3, -0.25) is 9.59 Å². The Bertz CT molecular complexity index is 630. The van der Waals surface area contributed by atoms with Gasteiger partial charge in [0, 0.05) is 23.2 Å². The Hall–Kier alpha value is -2.36. The fraction of sp³-hybridized carbons (Fsp3) is 0.200. The summed E-state index contributed by atoms with van der Waals surface area (Å²) in [5.74, 6) is 0.189. The highest BCUT2D eigenvalue weighted by Crippen LogP contribution is 2.31. The zero-order valence-corrected chi connectivity index (χ0v) is 10.7. The normalized spacial score (nSPS) is 13.4. The van der Waals surface area contributed by atoms with Crippen LogP contribution >= 0.6 is 0 Å². The van der Waals surface area contributed by atoms with Gasteiger partial charge >= 0.3 is 0 Å². The van der Waals surface area contributed by atoms with Crippen LogP contribution in [0.25, 0.3) is 0 Å². The highest BCUT2D eigenvalue weighted by atomic mass is 16.4. The molecule has 2 aromatic rings. The Balaban J connectivity index is 2.12. The van der Waals surface area contributed by atoms with Crippen LogP contribution in [0.4, 0.5) is 5.88 Å². The second kappa shape index (κ2) is 4.09. The SMILES string of the molecule is CC(C)Nc1cc2c(o1)C(=O)c1ccccc1C2=O. The Morgan fingerprint density at radius 1 is 1.00 bits per heavy atom. The van der Waals surface area contributed by atoms with Crippen LogP contribution < -0.4 is 5.32 Å². The molecule has 0 aliphatic heterocycles. The van der Waals surface area contributed by atoms with E-state index in [-0.39, 0.29) is 23.4 Å². The number of hydrogen-bond donors (Lipinski definition) is 1. The molecule has 0 fully saturated rings. The topological polar surface area (TPSA) is 59.3 Å². The average Bonchev–Trinajstić information content (AvgIpc) is 2.79. The molecule has 4 heteroatoms. The highest BCUT2D eigenvalue weighted by Gasteiger charge is 2.33. The van der Waals surface area contributed by atoms with E-state index in [1.54, 1.807) is 30.3 Å². The predicted molar refractivity (Wildman–Crippen MR) is 70.8 cm³/mol. The molecule has 1 N–H and O–H groups in total. The van der Waals surface area contributed by atoms with Crippen molar-refractivity contribution in [1.29, 1.82) is 0 Å². The average molecular weight is 255 g/mol. The molecule has 96 valence electrons. The summed E-state index contributed by atoms with van der Waals surface area (Å²) in [4.78, 5) is 24.6. The third-order valence-corrected chi connectivity index (χ3v) is 3.03. The van der Waals surface area contributed by atoms with E-state index in [2.05, 4.69) is 5.32 Å². The Morgan fingerprint density at radius 3 is 2.26 bits per heavy atom. The van der Waals surface area contributed by atoms with Gasteiger partial charge in [-0.15, -0.1) is 0 Å². The number of hydrogen-bond acceptors (Lipinski definition) is 4. The van der Waals surface area contributed by atoms with Crippen molar-refractivity contribution in [3.8, 4) is 0 Å². The molecule has 0 radical (unpaired) electrons. The maximum absolute atomic E-state index is 12.3.